The molecule has 0 radical (unpaired) electrons. The van der Waals surface area contributed by atoms with Crippen molar-refractivity contribution in [3.05, 3.63) is 57.0 Å². The zero-order valence-corrected chi connectivity index (χ0v) is 13.2. The molecule has 2 aromatic carbocycles. The lowest BCUT2D eigenvalue weighted by Crippen LogP contribution is -2.00. The standard InChI is InChI=1S/C15H15BrClNO/c1-10-3-5-13(17)14(7-10)18-9-11-4-6-15(19-2)12(16)8-11/h3-8,18H,9H2,1-2H3. The van der Waals surface area contributed by atoms with Gasteiger partial charge in [-0.1, -0.05) is 23.7 Å². The first kappa shape index (κ1) is 14.2. The molecule has 100 valence electrons. The highest BCUT2D eigenvalue weighted by Gasteiger charge is 2.03. The zero-order valence-electron chi connectivity index (χ0n) is 10.8. The summed E-state index contributed by atoms with van der Waals surface area (Å²) in [4.78, 5) is 0. The molecule has 0 atom stereocenters. The first-order valence-corrected chi connectivity index (χ1v) is 7.09. The van der Waals surface area contributed by atoms with Crippen LogP contribution >= 0.6 is 27.5 Å². The summed E-state index contributed by atoms with van der Waals surface area (Å²) in [7, 11) is 1.66. The average molecular weight is 341 g/mol. The molecular formula is C15H15BrClNO. The molecule has 0 spiro atoms. The predicted octanol–water partition coefficient (Wildman–Crippen LogP) is 5.03. The number of nitrogens with one attached hydrogen (secondary N) is 1. The molecule has 0 aliphatic heterocycles. The van der Waals surface area contributed by atoms with Crippen LogP contribution in [-0.2, 0) is 6.54 Å². The fourth-order valence-corrected chi connectivity index (χ4v) is 2.56. The van der Waals surface area contributed by atoms with E-state index in [9.17, 15) is 0 Å². The second-order valence-corrected chi connectivity index (χ2v) is 5.57. The third kappa shape index (κ3) is 3.64. The van der Waals surface area contributed by atoms with Gasteiger partial charge < -0.3 is 10.1 Å². The Morgan fingerprint density at radius 2 is 2.00 bits per heavy atom. The highest BCUT2D eigenvalue weighted by atomic mass is 79.9. The van der Waals surface area contributed by atoms with Gasteiger partial charge in [0.1, 0.15) is 5.75 Å². The van der Waals surface area contributed by atoms with Crippen LogP contribution in [0.3, 0.4) is 0 Å². The van der Waals surface area contributed by atoms with Gasteiger partial charge in [-0.05, 0) is 58.2 Å². The van der Waals surface area contributed by atoms with Crippen LogP contribution < -0.4 is 10.1 Å². The van der Waals surface area contributed by atoms with Gasteiger partial charge in [0.25, 0.3) is 0 Å². The highest BCUT2D eigenvalue weighted by molar-refractivity contribution is 9.10. The molecule has 0 fully saturated rings. The summed E-state index contributed by atoms with van der Waals surface area (Å²) in [5.41, 5.74) is 3.29. The minimum absolute atomic E-state index is 0.714. The van der Waals surface area contributed by atoms with Gasteiger partial charge in [-0.3, -0.25) is 0 Å². The molecule has 0 unspecified atom stereocenters. The first-order chi connectivity index (χ1) is 9.10. The summed E-state index contributed by atoms with van der Waals surface area (Å²) in [6, 6.07) is 12.0. The summed E-state index contributed by atoms with van der Waals surface area (Å²) in [6.45, 7) is 2.76. The monoisotopic (exact) mass is 339 g/mol. The van der Waals surface area contributed by atoms with Crippen molar-refractivity contribution < 1.29 is 4.74 Å². The van der Waals surface area contributed by atoms with Gasteiger partial charge in [-0.15, -0.1) is 0 Å². The van der Waals surface area contributed by atoms with Crippen molar-refractivity contribution in [3.8, 4) is 5.75 Å². The number of aryl methyl sites for hydroxylation is 1. The summed E-state index contributed by atoms with van der Waals surface area (Å²) in [5, 5.41) is 4.08. The Kier molecular flexibility index (Phi) is 4.72. The van der Waals surface area contributed by atoms with Gasteiger partial charge in [0.05, 0.1) is 22.3 Å². The van der Waals surface area contributed by atoms with Crippen molar-refractivity contribution in [2.24, 2.45) is 0 Å². The molecular weight excluding hydrogens is 326 g/mol. The minimum atomic E-state index is 0.714. The Morgan fingerprint density at radius 1 is 1.21 bits per heavy atom. The first-order valence-electron chi connectivity index (χ1n) is 5.92. The summed E-state index contributed by atoms with van der Waals surface area (Å²) >= 11 is 9.63. The van der Waals surface area contributed by atoms with E-state index in [1.807, 2.05) is 43.3 Å². The second-order valence-electron chi connectivity index (χ2n) is 4.31. The van der Waals surface area contributed by atoms with Crippen molar-refractivity contribution in [3.63, 3.8) is 0 Å². The average Bonchev–Trinajstić information content (AvgIpc) is 2.40. The van der Waals surface area contributed by atoms with Crippen LogP contribution in [-0.4, -0.2) is 7.11 Å². The summed E-state index contributed by atoms with van der Waals surface area (Å²) < 4.78 is 6.16. The summed E-state index contributed by atoms with van der Waals surface area (Å²) in [6.07, 6.45) is 0. The highest BCUT2D eigenvalue weighted by Crippen LogP contribution is 2.27. The van der Waals surface area contributed by atoms with Gasteiger partial charge in [-0.25, -0.2) is 0 Å². The van der Waals surface area contributed by atoms with Crippen LogP contribution in [0.5, 0.6) is 5.75 Å². The van der Waals surface area contributed by atoms with Crippen molar-refractivity contribution in [1.82, 2.24) is 0 Å². The van der Waals surface area contributed by atoms with E-state index in [0.717, 1.165) is 26.5 Å². The molecule has 0 amide bonds. The number of benzene rings is 2. The number of ether oxygens (including phenoxy) is 1. The third-order valence-corrected chi connectivity index (χ3v) is 3.77. The lowest BCUT2D eigenvalue weighted by molar-refractivity contribution is 0.412. The maximum Gasteiger partial charge on any atom is 0.133 e. The quantitative estimate of drug-likeness (QED) is 0.842. The lowest BCUT2D eigenvalue weighted by atomic mass is 10.2. The fourth-order valence-electron chi connectivity index (χ4n) is 1.79. The number of halogens is 2. The Labute approximate surface area is 126 Å². The van der Waals surface area contributed by atoms with Gasteiger partial charge in [0.2, 0.25) is 0 Å². The molecule has 1 N–H and O–H groups in total. The number of rotatable bonds is 4. The molecule has 0 aromatic heterocycles. The van der Waals surface area contributed by atoms with E-state index in [1.54, 1.807) is 7.11 Å². The Bertz CT molecular complexity index is 586. The molecule has 4 heteroatoms. The fraction of sp³-hybridized carbons (Fsp3) is 0.200. The number of hydrogen-bond acceptors (Lipinski definition) is 2. The Morgan fingerprint density at radius 3 is 2.68 bits per heavy atom. The van der Waals surface area contributed by atoms with Crippen molar-refractivity contribution in [2.45, 2.75) is 13.5 Å². The van der Waals surface area contributed by atoms with Crippen LogP contribution in [0.1, 0.15) is 11.1 Å². The molecule has 0 saturated carbocycles. The number of anilines is 1. The maximum absolute atomic E-state index is 6.15. The van der Waals surface area contributed by atoms with Gasteiger partial charge >= 0.3 is 0 Å². The van der Waals surface area contributed by atoms with E-state index in [1.165, 1.54) is 5.56 Å². The van der Waals surface area contributed by atoms with Crippen LogP contribution in [0.4, 0.5) is 5.69 Å². The molecule has 19 heavy (non-hydrogen) atoms. The van der Waals surface area contributed by atoms with Crippen LogP contribution in [0.25, 0.3) is 0 Å². The minimum Gasteiger partial charge on any atom is -0.496 e. The van der Waals surface area contributed by atoms with E-state index < -0.39 is 0 Å². The molecule has 2 rings (SSSR count). The lowest BCUT2D eigenvalue weighted by Gasteiger charge is -2.11. The van der Waals surface area contributed by atoms with Gasteiger partial charge in [-0.2, -0.15) is 0 Å². The Hall–Kier alpha value is -1.19. The van der Waals surface area contributed by atoms with Gasteiger partial charge in [0, 0.05) is 6.54 Å². The topological polar surface area (TPSA) is 21.3 Å². The van der Waals surface area contributed by atoms with E-state index in [-0.39, 0.29) is 0 Å². The van der Waals surface area contributed by atoms with Crippen molar-refractivity contribution in [2.75, 3.05) is 12.4 Å². The second kappa shape index (κ2) is 6.31. The molecule has 0 bridgehead atoms. The number of hydrogen-bond donors (Lipinski definition) is 1. The third-order valence-electron chi connectivity index (χ3n) is 2.82. The molecule has 0 aliphatic carbocycles. The van der Waals surface area contributed by atoms with Crippen molar-refractivity contribution >= 4 is 33.2 Å². The number of methoxy groups -OCH3 is 1. The van der Waals surface area contributed by atoms with E-state index in [4.69, 9.17) is 16.3 Å². The molecule has 0 saturated heterocycles. The van der Waals surface area contributed by atoms with Crippen LogP contribution in [0.2, 0.25) is 5.02 Å². The van der Waals surface area contributed by atoms with Crippen LogP contribution in [0, 0.1) is 6.92 Å². The molecule has 0 aliphatic rings. The van der Waals surface area contributed by atoms with Crippen LogP contribution in [0.15, 0.2) is 40.9 Å². The normalized spacial score (nSPS) is 10.3. The smallest absolute Gasteiger partial charge is 0.133 e. The van der Waals surface area contributed by atoms with Gasteiger partial charge in [0.15, 0.2) is 0 Å². The molecule has 2 aromatic rings. The SMILES string of the molecule is COc1ccc(CNc2cc(C)ccc2Cl)cc1Br. The van der Waals surface area contributed by atoms with E-state index in [2.05, 4.69) is 21.2 Å². The predicted molar refractivity (Wildman–Crippen MR) is 84.2 cm³/mol. The zero-order chi connectivity index (χ0) is 13.8. The largest absolute Gasteiger partial charge is 0.496 e. The summed E-state index contributed by atoms with van der Waals surface area (Å²) in [5.74, 6) is 0.831. The van der Waals surface area contributed by atoms with E-state index in [0.29, 0.717) is 6.54 Å². The van der Waals surface area contributed by atoms with Crippen molar-refractivity contribution in [1.29, 1.82) is 0 Å². The Balaban J connectivity index is 2.10. The van der Waals surface area contributed by atoms with E-state index >= 15 is 0 Å². The maximum atomic E-state index is 6.15. The molecule has 0 heterocycles. The molecule has 2 nitrogen and oxygen atoms in total.